The lowest BCUT2D eigenvalue weighted by Crippen LogP contribution is -2.18. The van der Waals surface area contributed by atoms with E-state index in [1.165, 1.54) is 11.1 Å². The van der Waals surface area contributed by atoms with Crippen molar-refractivity contribution in [1.29, 1.82) is 0 Å². The Bertz CT molecular complexity index is 566. The zero-order valence-corrected chi connectivity index (χ0v) is 11.9. The van der Waals surface area contributed by atoms with E-state index in [2.05, 4.69) is 35.4 Å². The number of aromatic nitrogens is 1. The van der Waals surface area contributed by atoms with Crippen molar-refractivity contribution in [3.63, 3.8) is 0 Å². The summed E-state index contributed by atoms with van der Waals surface area (Å²) >= 11 is 0. The average molecular weight is 256 g/mol. The quantitative estimate of drug-likeness (QED) is 0.913. The van der Waals surface area contributed by atoms with Crippen LogP contribution in [0.15, 0.2) is 36.5 Å². The maximum absolute atomic E-state index is 5.48. The van der Waals surface area contributed by atoms with Crippen LogP contribution in [0.1, 0.15) is 28.4 Å². The average Bonchev–Trinajstić information content (AvgIpc) is 2.40. The Balaban J connectivity index is 2.50. The van der Waals surface area contributed by atoms with Crippen LogP contribution in [0, 0.1) is 13.8 Å². The van der Waals surface area contributed by atoms with E-state index in [9.17, 15) is 0 Å². The van der Waals surface area contributed by atoms with Crippen molar-refractivity contribution in [3.05, 3.63) is 58.9 Å². The Morgan fingerprint density at radius 1 is 1.16 bits per heavy atom. The standard InChI is InChI=1S/C16H20N2O/c1-11-5-6-15(19-4)14(9-11)16(17-3)13-7-8-18-12(2)10-13/h5-10,16-17H,1-4H3. The maximum Gasteiger partial charge on any atom is 0.123 e. The van der Waals surface area contributed by atoms with E-state index in [0.717, 1.165) is 17.0 Å². The van der Waals surface area contributed by atoms with Gasteiger partial charge < -0.3 is 10.1 Å². The molecular formula is C16H20N2O. The molecule has 1 N–H and O–H groups in total. The van der Waals surface area contributed by atoms with Crippen molar-refractivity contribution in [2.24, 2.45) is 0 Å². The topological polar surface area (TPSA) is 34.2 Å². The Morgan fingerprint density at radius 2 is 1.95 bits per heavy atom. The van der Waals surface area contributed by atoms with Crippen LogP contribution in [0.4, 0.5) is 0 Å². The van der Waals surface area contributed by atoms with Crippen molar-refractivity contribution in [2.75, 3.05) is 14.2 Å². The van der Waals surface area contributed by atoms with Gasteiger partial charge in [-0.05, 0) is 44.7 Å². The number of nitrogens with one attached hydrogen (secondary N) is 1. The zero-order chi connectivity index (χ0) is 13.8. The molecule has 3 nitrogen and oxygen atoms in total. The molecule has 0 spiro atoms. The third-order valence-corrected chi connectivity index (χ3v) is 3.24. The Labute approximate surface area is 114 Å². The molecule has 3 heteroatoms. The predicted octanol–water partition coefficient (Wildman–Crippen LogP) is 3.02. The highest BCUT2D eigenvalue weighted by atomic mass is 16.5. The second-order valence-corrected chi connectivity index (χ2v) is 4.70. The largest absolute Gasteiger partial charge is 0.496 e. The van der Waals surface area contributed by atoms with E-state index in [1.54, 1.807) is 7.11 Å². The van der Waals surface area contributed by atoms with Gasteiger partial charge in [-0.1, -0.05) is 17.7 Å². The lowest BCUT2D eigenvalue weighted by atomic mass is 9.96. The highest BCUT2D eigenvalue weighted by molar-refractivity contribution is 5.43. The van der Waals surface area contributed by atoms with Crippen LogP contribution in [0.2, 0.25) is 0 Å². The first kappa shape index (κ1) is 13.6. The van der Waals surface area contributed by atoms with E-state index in [4.69, 9.17) is 4.74 Å². The van der Waals surface area contributed by atoms with Gasteiger partial charge in [-0.3, -0.25) is 4.98 Å². The third kappa shape index (κ3) is 2.93. The van der Waals surface area contributed by atoms with Gasteiger partial charge in [0.1, 0.15) is 5.75 Å². The number of benzene rings is 1. The van der Waals surface area contributed by atoms with Crippen molar-refractivity contribution < 1.29 is 4.74 Å². The Hall–Kier alpha value is -1.87. The lowest BCUT2D eigenvalue weighted by Gasteiger charge is -2.20. The van der Waals surface area contributed by atoms with Crippen LogP contribution in [-0.2, 0) is 0 Å². The number of rotatable bonds is 4. The summed E-state index contributed by atoms with van der Waals surface area (Å²) in [7, 11) is 3.67. The van der Waals surface area contributed by atoms with Crippen LogP contribution >= 0.6 is 0 Å². The number of ether oxygens (including phenoxy) is 1. The first-order valence-electron chi connectivity index (χ1n) is 6.40. The van der Waals surface area contributed by atoms with E-state index >= 15 is 0 Å². The minimum atomic E-state index is 0.108. The van der Waals surface area contributed by atoms with Crippen LogP contribution in [0.5, 0.6) is 5.75 Å². The molecule has 1 aromatic carbocycles. The molecule has 100 valence electrons. The van der Waals surface area contributed by atoms with Crippen LogP contribution in [-0.4, -0.2) is 19.1 Å². The molecule has 0 aliphatic carbocycles. The molecule has 0 radical (unpaired) electrons. The van der Waals surface area contributed by atoms with Gasteiger partial charge in [-0.25, -0.2) is 0 Å². The molecule has 1 heterocycles. The maximum atomic E-state index is 5.48. The van der Waals surface area contributed by atoms with E-state index in [-0.39, 0.29) is 6.04 Å². The van der Waals surface area contributed by atoms with E-state index in [0.29, 0.717) is 0 Å². The summed E-state index contributed by atoms with van der Waals surface area (Å²) < 4.78 is 5.48. The molecule has 0 aliphatic heterocycles. The number of nitrogens with zero attached hydrogens (tertiary/aromatic N) is 1. The molecule has 0 bridgehead atoms. The highest BCUT2D eigenvalue weighted by Gasteiger charge is 2.16. The van der Waals surface area contributed by atoms with Crippen LogP contribution < -0.4 is 10.1 Å². The minimum Gasteiger partial charge on any atom is -0.496 e. The third-order valence-electron chi connectivity index (χ3n) is 3.24. The smallest absolute Gasteiger partial charge is 0.123 e. The van der Waals surface area contributed by atoms with Gasteiger partial charge in [-0.2, -0.15) is 0 Å². The Morgan fingerprint density at radius 3 is 2.58 bits per heavy atom. The molecule has 1 atom stereocenters. The summed E-state index contributed by atoms with van der Waals surface area (Å²) in [6.45, 7) is 4.09. The van der Waals surface area contributed by atoms with Crippen LogP contribution in [0.25, 0.3) is 0 Å². The number of hydrogen-bond acceptors (Lipinski definition) is 3. The van der Waals surface area contributed by atoms with Gasteiger partial charge in [-0.15, -0.1) is 0 Å². The van der Waals surface area contributed by atoms with Gasteiger partial charge >= 0.3 is 0 Å². The SMILES string of the molecule is CNC(c1ccnc(C)c1)c1cc(C)ccc1OC. The molecule has 2 rings (SSSR count). The first-order chi connectivity index (χ1) is 9.15. The number of aryl methyl sites for hydroxylation is 2. The second kappa shape index (κ2) is 5.85. The molecule has 19 heavy (non-hydrogen) atoms. The predicted molar refractivity (Wildman–Crippen MR) is 77.6 cm³/mol. The highest BCUT2D eigenvalue weighted by Crippen LogP contribution is 2.30. The minimum absolute atomic E-state index is 0.108. The van der Waals surface area contributed by atoms with Gasteiger partial charge in [0.05, 0.1) is 13.2 Å². The van der Waals surface area contributed by atoms with Gasteiger partial charge in [0.15, 0.2) is 0 Å². The molecule has 0 saturated heterocycles. The van der Waals surface area contributed by atoms with Crippen molar-refractivity contribution in [1.82, 2.24) is 10.3 Å². The van der Waals surface area contributed by atoms with E-state index in [1.807, 2.05) is 32.3 Å². The van der Waals surface area contributed by atoms with Gasteiger partial charge in [0.2, 0.25) is 0 Å². The summed E-state index contributed by atoms with van der Waals surface area (Å²) in [4.78, 5) is 4.25. The number of pyridine rings is 1. The van der Waals surface area contributed by atoms with Crippen molar-refractivity contribution in [2.45, 2.75) is 19.9 Å². The van der Waals surface area contributed by atoms with Gasteiger partial charge in [0, 0.05) is 17.5 Å². The monoisotopic (exact) mass is 256 g/mol. The molecule has 1 unspecified atom stereocenters. The fraction of sp³-hybridized carbons (Fsp3) is 0.312. The molecule has 0 saturated carbocycles. The van der Waals surface area contributed by atoms with Crippen LogP contribution in [0.3, 0.4) is 0 Å². The Kier molecular flexibility index (Phi) is 4.17. The zero-order valence-electron chi connectivity index (χ0n) is 11.9. The molecule has 0 aliphatic rings. The van der Waals surface area contributed by atoms with Crippen molar-refractivity contribution in [3.8, 4) is 5.75 Å². The van der Waals surface area contributed by atoms with Crippen molar-refractivity contribution >= 4 is 0 Å². The molecule has 1 aromatic heterocycles. The normalized spacial score (nSPS) is 12.2. The fourth-order valence-corrected chi connectivity index (χ4v) is 2.33. The lowest BCUT2D eigenvalue weighted by molar-refractivity contribution is 0.405. The summed E-state index contributed by atoms with van der Waals surface area (Å²) in [5.41, 5.74) is 4.58. The molecular weight excluding hydrogens is 236 g/mol. The number of hydrogen-bond donors (Lipinski definition) is 1. The second-order valence-electron chi connectivity index (χ2n) is 4.70. The van der Waals surface area contributed by atoms with E-state index < -0.39 is 0 Å². The fourth-order valence-electron chi connectivity index (χ4n) is 2.33. The first-order valence-corrected chi connectivity index (χ1v) is 6.40. The molecule has 2 aromatic rings. The van der Waals surface area contributed by atoms with Gasteiger partial charge in [0.25, 0.3) is 0 Å². The molecule has 0 amide bonds. The summed E-state index contributed by atoms with van der Waals surface area (Å²) in [5.74, 6) is 0.902. The summed E-state index contributed by atoms with van der Waals surface area (Å²) in [6, 6.07) is 10.5. The number of methoxy groups -OCH3 is 1. The summed E-state index contributed by atoms with van der Waals surface area (Å²) in [6.07, 6.45) is 1.84. The molecule has 0 fully saturated rings. The summed E-state index contributed by atoms with van der Waals surface area (Å²) in [5, 5.41) is 3.36.